The second kappa shape index (κ2) is 7.15. The number of hydrogen-bond acceptors (Lipinski definition) is 2. The van der Waals surface area contributed by atoms with Crippen LogP contribution >= 0.6 is 11.6 Å². The van der Waals surface area contributed by atoms with E-state index < -0.39 is 0 Å². The monoisotopic (exact) mass is 311 g/mol. The minimum atomic E-state index is 0.622. The second-order valence-corrected chi connectivity index (χ2v) is 7.29. The first kappa shape index (κ1) is 16.8. The summed E-state index contributed by atoms with van der Waals surface area (Å²) in [6.45, 7) is 9.96. The molecule has 3 unspecified atom stereocenters. The number of aromatic nitrogens is 2. The van der Waals surface area contributed by atoms with E-state index in [1.165, 1.54) is 25.0 Å². The SMILES string of the molecule is CCNC1CCC(C(C)C)CC1Cc1c(Cl)c(C)nn1C. The van der Waals surface area contributed by atoms with Crippen LogP contribution in [0.3, 0.4) is 0 Å². The van der Waals surface area contributed by atoms with Crippen molar-refractivity contribution >= 4 is 11.6 Å². The Balaban J connectivity index is 2.15. The Hall–Kier alpha value is -0.540. The molecule has 1 aromatic heterocycles. The maximum absolute atomic E-state index is 6.45. The molecule has 120 valence electrons. The molecule has 0 spiro atoms. The molecule has 1 aliphatic carbocycles. The molecule has 21 heavy (non-hydrogen) atoms. The highest BCUT2D eigenvalue weighted by Gasteiger charge is 2.32. The van der Waals surface area contributed by atoms with Crippen molar-refractivity contribution in [3.8, 4) is 0 Å². The zero-order chi connectivity index (χ0) is 15.6. The Labute approximate surface area is 134 Å². The molecule has 1 fully saturated rings. The van der Waals surface area contributed by atoms with Gasteiger partial charge in [0.15, 0.2) is 0 Å². The van der Waals surface area contributed by atoms with Gasteiger partial charge in [-0.3, -0.25) is 4.68 Å². The van der Waals surface area contributed by atoms with Crippen molar-refractivity contribution in [3.05, 3.63) is 16.4 Å². The fourth-order valence-electron chi connectivity index (χ4n) is 3.81. The van der Waals surface area contributed by atoms with Gasteiger partial charge < -0.3 is 5.32 Å². The summed E-state index contributed by atoms with van der Waals surface area (Å²) in [5.74, 6) is 2.29. The lowest BCUT2D eigenvalue weighted by Crippen LogP contribution is -2.42. The van der Waals surface area contributed by atoms with Crippen LogP contribution in [-0.4, -0.2) is 22.4 Å². The lowest BCUT2D eigenvalue weighted by molar-refractivity contribution is 0.167. The molecule has 0 amide bonds. The molecule has 0 radical (unpaired) electrons. The van der Waals surface area contributed by atoms with E-state index in [1.54, 1.807) is 0 Å². The fourth-order valence-corrected chi connectivity index (χ4v) is 4.05. The van der Waals surface area contributed by atoms with Crippen LogP contribution < -0.4 is 5.32 Å². The molecule has 0 bridgehead atoms. The molecular formula is C17H30ClN3. The number of aryl methyl sites for hydroxylation is 2. The van der Waals surface area contributed by atoms with E-state index in [0.29, 0.717) is 12.0 Å². The summed E-state index contributed by atoms with van der Waals surface area (Å²) in [6.07, 6.45) is 4.98. The molecule has 1 N–H and O–H groups in total. The second-order valence-electron chi connectivity index (χ2n) is 6.92. The van der Waals surface area contributed by atoms with Gasteiger partial charge in [-0.05, 0) is 56.9 Å². The zero-order valence-electron chi connectivity index (χ0n) is 14.1. The fraction of sp³-hybridized carbons (Fsp3) is 0.824. The maximum atomic E-state index is 6.45. The van der Waals surface area contributed by atoms with Crippen LogP contribution in [0.4, 0.5) is 0 Å². The van der Waals surface area contributed by atoms with Crippen molar-refractivity contribution in [3.63, 3.8) is 0 Å². The first-order chi connectivity index (χ1) is 9.93. The van der Waals surface area contributed by atoms with Gasteiger partial charge in [-0.1, -0.05) is 32.4 Å². The van der Waals surface area contributed by atoms with Gasteiger partial charge in [0.1, 0.15) is 0 Å². The molecule has 4 heteroatoms. The van der Waals surface area contributed by atoms with Crippen LogP contribution in [0, 0.1) is 24.7 Å². The predicted molar refractivity (Wildman–Crippen MR) is 89.8 cm³/mol. The molecule has 0 saturated heterocycles. The third-order valence-electron chi connectivity index (χ3n) is 5.15. The molecule has 1 saturated carbocycles. The van der Waals surface area contributed by atoms with Crippen LogP contribution in [0.5, 0.6) is 0 Å². The number of hydrogen-bond donors (Lipinski definition) is 1. The Morgan fingerprint density at radius 1 is 1.38 bits per heavy atom. The van der Waals surface area contributed by atoms with Crippen LogP contribution in [0.25, 0.3) is 0 Å². The van der Waals surface area contributed by atoms with Crippen LogP contribution in [-0.2, 0) is 13.5 Å². The van der Waals surface area contributed by atoms with E-state index in [1.807, 2.05) is 18.7 Å². The highest BCUT2D eigenvalue weighted by atomic mass is 35.5. The Morgan fingerprint density at radius 3 is 2.62 bits per heavy atom. The zero-order valence-corrected chi connectivity index (χ0v) is 14.9. The third-order valence-corrected chi connectivity index (χ3v) is 5.64. The standard InChI is InChI=1S/C17H30ClN3/c1-6-19-15-8-7-13(11(2)3)9-14(15)10-16-17(18)12(4)20-21(16)5/h11,13-15,19H,6-10H2,1-5H3. The van der Waals surface area contributed by atoms with E-state index >= 15 is 0 Å². The highest BCUT2D eigenvalue weighted by molar-refractivity contribution is 6.31. The van der Waals surface area contributed by atoms with Crippen molar-refractivity contribution in [2.45, 2.75) is 59.4 Å². The average Bonchev–Trinajstić information content (AvgIpc) is 2.67. The van der Waals surface area contributed by atoms with Gasteiger partial charge >= 0.3 is 0 Å². The molecule has 2 rings (SSSR count). The summed E-state index contributed by atoms with van der Waals surface area (Å²) in [5, 5.41) is 9.01. The van der Waals surface area contributed by atoms with Gasteiger partial charge in [0, 0.05) is 13.1 Å². The van der Waals surface area contributed by atoms with Crippen molar-refractivity contribution < 1.29 is 0 Å². The average molecular weight is 312 g/mol. The Morgan fingerprint density at radius 2 is 2.10 bits per heavy atom. The Bertz CT molecular complexity index is 467. The van der Waals surface area contributed by atoms with Gasteiger partial charge in [-0.25, -0.2) is 0 Å². The lowest BCUT2D eigenvalue weighted by Gasteiger charge is -2.38. The quantitative estimate of drug-likeness (QED) is 0.891. The van der Waals surface area contributed by atoms with Gasteiger partial charge in [0.05, 0.1) is 16.4 Å². The minimum Gasteiger partial charge on any atom is -0.314 e. The molecule has 0 aromatic carbocycles. The first-order valence-electron chi connectivity index (χ1n) is 8.35. The van der Waals surface area contributed by atoms with Gasteiger partial charge in [0.25, 0.3) is 0 Å². The van der Waals surface area contributed by atoms with Crippen LogP contribution in [0.2, 0.25) is 5.02 Å². The minimum absolute atomic E-state index is 0.622. The molecule has 3 atom stereocenters. The molecule has 1 aliphatic rings. The summed E-state index contributed by atoms with van der Waals surface area (Å²) in [7, 11) is 2.01. The summed E-state index contributed by atoms with van der Waals surface area (Å²) in [4.78, 5) is 0. The van der Waals surface area contributed by atoms with Crippen molar-refractivity contribution in [2.75, 3.05) is 6.54 Å². The maximum Gasteiger partial charge on any atom is 0.0847 e. The largest absolute Gasteiger partial charge is 0.314 e. The molecule has 3 nitrogen and oxygen atoms in total. The first-order valence-corrected chi connectivity index (χ1v) is 8.73. The summed E-state index contributed by atoms with van der Waals surface area (Å²) in [5.41, 5.74) is 2.15. The van der Waals surface area contributed by atoms with E-state index in [4.69, 9.17) is 11.6 Å². The van der Waals surface area contributed by atoms with Gasteiger partial charge in [-0.2, -0.15) is 5.10 Å². The number of halogens is 1. The normalized spacial score (nSPS) is 26.5. The van der Waals surface area contributed by atoms with Gasteiger partial charge in [-0.15, -0.1) is 0 Å². The van der Waals surface area contributed by atoms with Crippen molar-refractivity contribution in [2.24, 2.45) is 24.8 Å². The van der Waals surface area contributed by atoms with Gasteiger partial charge in [0.2, 0.25) is 0 Å². The smallest absolute Gasteiger partial charge is 0.0847 e. The van der Waals surface area contributed by atoms with E-state index in [2.05, 4.69) is 31.2 Å². The van der Waals surface area contributed by atoms with Crippen molar-refractivity contribution in [1.82, 2.24) is 15.1 Å². The van der Waals surface area contributed by atoms with Crippen LogP contribution in [0.1, 0.15) is 51.4 Å². The number of rotatable bonds is 5. The lowest BCUT2D eigenvalue weighted by atomic mass is 9.72. The number of nitrogens with zero attached hydrogens (tertiary/aromatic N) is 2. The van der Waals surface area contributed by atoms with Crippen molar-refractivity contribution in [1.29, 1.82) is 0 Å². The molecule has 0 aliphatic heterocycles. The van der Waals surface area contributed by atoms with E-state index in [9.17, 15) is 0 Å². The van der Waals surface area contributed by atoms with E-state index in [-0.39, 0.29) is 0 Å². The predicted octanol–water partition coefficient (Wildman–Crippen LogP) is 3.97. The Kier molecular flexibility index (Phi) is 5.73. The summed E-state index contributed by atoms with van der Waals surface area (Å²) in [6, 6.07) is 0.622. The molecule has 1 aromatic rings. The van der Waals surface area contributed by atoms with E-state index in [0.717, 1.165) is 35.5 Å². The molecule has 1 heterocycles. The highest BCUT2D eigenvalue weighted by Crippen LogP contribution is 2.36. The third kappa shape index (κ3) is 3.81. The summed E-state index contributed by atoms with van der Waals surface area (Å²) < 4.78 is 1.97. The number of nitrogens with one attached hydrogen (secondary N) is 1. The summed E-state index contributed by atoms with van der Waals surface area (Å²) >= 11 is 6.45. The molecular weight excluding hydrogens is 282 g/mol. The van der Waals surface area contributed by atoms with Crippen LogP contribution in [0.15, 0.2) is 0 Å². The topological polar surface area (TPSA) is 29.9 Å².